The van der Waals surface area contributed by atoms with E-state index in [4.69, 9.17) is 9.51 Å². The summed E-state index contributed by atoms with van der Waals surface area (Å²) in [4.78, 5) is 22.9. The van der Waals surface area contributed by atoms with Gasteiger partial charge < -0.3 is 9.42 Å². The Morgan fingerprint density at radius 2 is 2.04 bits per heavy atom. The van der Waals surface area contributed by atoms with Crippen LogP contribution in [0.1, 0.15) is 36.7 Å². The molecule has 7 nitrogen and oxygen atoms in total. The van der Waals surface area contributed by atoms with E-state index in [1.807, 2.05) is 23.1 Å². The number of Topliss-reactive ketones (excluding diaryl/α,β-unsaturated/α-hetero) is 1. The lowest BCUT2D eigenvalue weighted by Gasteiger charge is -2.29. The molecule has 3 heterocycles. The highest BCUT2D eigenvalue weighted by Gasteiger charge is 2.27. The molecule has 136 valence electrons. The van der Waals surface area contributed by atoms with Crippen molar-refractivity contribution in [1.29, 1.82) is 5.26 Å². The van der Waals surface area contributed by atoms with Crippen LogP contribution in [0.25, 0.3) is 22.4 Å². The highest BCUT2D eigenvalue weighted by molar-refractivity contribution is 5.96. The van der Waals surface area contributed by atoms with Crippen molar-refractivity contribution in [3.8, 4) is 17.5 Å². The summed E-state index contributed by atoms with van der Waals surface area (Å²) >= 11 is 0. The summed E-state index contributed by atoms with van der Waals surface area (Å²) < 4.78 is 5.41. The second-order valence-electron chi connectivity index (χ2n) is 6.67. The van der Waals surface area contributed by atoms with Crippen molar-refractivity contribution in [2.45, 2.75) is 33.1 Å². The average molecular weight is 361 g/mol. The quantitative estimate of drug-likeness (QED) is 0.707. The van der Waals surface area contributed by atoms with E-state index < -0.39 is 0 Å². The van der Waals surface area contributed by atoms with Gasteiger partial charge in [0.1, 0.15) is 23.2 Å². The standard InChI is InChI=1S/C20H19N5O2/c1-3-13-4-5-17-15(10-13)16(11-21)18(20-22-12(2)24-27-20)19(23-17)25-8-6-14(26)7-9-25/h4-5,10H,3,6-9H2,1-2H3. The minimum Gasteiger partial charge on any atom is -0.355 e. The maximum atomic E-state index is 11.7. The number of nitriles is 1. The first-order valence-corrected chi connectivity index (χ1v) is 9.04. The largest absolute Gasteiger partial charge is 0.355 e. The molecule has 1 aliphatic rings. The topological polar surface area (TPSA) is 95.9 Å². The smallest absolute Gasteiger partial charge is 0.263 e. The maximum absolute atomic E-state index is 11.7. The zero-order valence-corrected chi connectivity index (χ0v) is 15.3. The Labute approximate surface area is 156 Å². The van der Waals surface area contributed by atoms with Crippen LogP contribution in [0.5, 0.6) is 0 Å². The summed E-state index contributed by atoms with van der Waals surface area (Å²) in [6.07, 6.45) is 1.81. The van der Waals surface area contributed by atoms with E-state index in [2.05, 4.69) is 23.1 Å². The first-order chi connectivity index (χ1) is 13.1. The van der Waals surface area contributed by atoms with E-state index in [1.165, 1.54) is 0 Å². The molecule has 0 saturated carbocycles. The monoisotopic (exact) mass is 361 g/mol. The zero-order valence-electron chi connectivity index (χ0n) is 15.3. The summed E-state index contributed by atoms with van der Waals surface area (Å²) in [5.41, 5.74) is 2.90. The normalized spacial score (nSPS) is 14.6. The van der Waals surface area contributed by atoms with Gasteiger partial charge in [0.2, 0.25) is 0 Å². The van der Waals surface area contributed by atoms with Gasteiger partial charge in [-0.25, -0.2) is 4.98 Å². The zero-order chi connectivity index (χ0) is 19.0. The average Bonchev–Trinajstić information content (AvgIpc) is 3.12. The molecule has 1 aliphatic heterocycles. The lowest BCUT2D eigenvalue weighted by atomic mass is 9.99. The van der Waals surface area contributed by atoms with Crippen molar-refractivity contribution in [1.82, 2.24) is 15.1 Å². The van der Waals surface area contributed by atoms with Gasteiger partial charge in [0.25, 0.3) is 5.89 Å². The van der Waals surface area contributed by atoms with E-state index in [9.17, 15) is 10.1 Å². The number of nitrogens with zero attached hydrogens (tertiary/aromatic N) is 5. The predicted octanol–water partition coefficient (Wildman–Crippen LogP) is 3.20. The number of fused-ring (bicyclic) bond motifs is 1. The molecule has 0 spiro atoms. The number of anilines is 1. The minimum atomic E-state index is 0.246. The number of carbonyl (C=O) groups is 1. The molecular formula is C20H19N5O2. The van der Waals surface area contributed by atoms with Crippen molar-refractivity contribution < 1.29 is 9.32 Å². The number of hydrogen-bond donors (Lipinski definition) is 0. The first kappa shape index (κ1) is 17.2. The second kappa shape index (κ2) is 6.80. The molecular weight excluding hydrogens is 342 g/mol. The summed E-state index contributed by atoms with van der Waals surface area (Å²) in [7, 11) is 0. The van der Waals surface area contributed by atoms with Crippen molar-refractivity contribution in [2.24, 2.45) is 0 Å². The van der Waals surface area contributed by atoms with Gasteiger partial charge in [0.05, 0.1) is 11.1 Å². The van der Waals surface area contributed by atoms with Crippen LogP contribution in [-0.4, -0.2) is 34.0 Å². The Morgan fingerprint density at radius 1 is 1.26 bits per heavy atom. The number of aromatic nitrogens is 3. The summed E-state index contributed by atoms with van der Waals surface area (Å²) in [5, 5.41) is 14.6. The number of aryl methyl sites for hydroxylation is 2. The van der Waals surface area contributed by atoms with Gasteiger partial charge in [-0.3, -0.25) is 4.79 Å². The van der Waals surface area contributed by atoms with Crippen LogP contribution in [-0.2, 0) is 11.2 Å². The molecule has 1 saturated heterocycles. The summed E-state index contributed by atoms with van der Waals surface area (Å²) in [5.74, 6) is 1.65. The van der Waals surface area contributed by atoms with Gasteiger partial charge in [-0.05, 0) is 31.0 Å². The van der Waals surface area contributed by atoms with Crippen LogP contribution in [0.3, 0.4) is 0 Å². The van der Waals surface area contributed by atoms with Crippen LogP contribution >= 0.6 is 0 Å². The van der Waals surface area contributed by atoms with Gasteiger partial charge in [-0.1, -0.05) is 18.1 Å². The lowest BCUT2D eigenvalue weighted by molar-refractivity contribution is -0.119. The Bertz CT molecular complexity index is 1070. The molecule has 0 N–H and O–H groups in total. The molecule has 0 radical (unpaired) electrons. The van der Waals surface area contributed by atoms with E-state index in [0.29, 0.717) is 48.7 Å². The summed E-state index contributed by atoms with van der Waals surface area (Å²) in [6, 6.07) is 8.29. The molecule has 0 unspecified atom stereocenters. The number of ketones is 1. The molecule has 3 aromatic rings. The minimum absolute atomic E-state index is 0.246. The van der Waals surface area contributed by atoms with Gasteiger partial charge >= 0.3 is 0 Å². The first-order valence-electron chi connectivity index (χ1n) is 9.04. The number of pyridine rings is 1. The number of rotatable bonds is 3. The van der Waals surface area contributed by atoms with E-state index >= 15 is 0 Å². The van der Waals surface area contributed by atoms with Gasteiger partial charge in [0.15, 0.2) is 5.82 Å². The molecule has 4 rings (SSSR count). The molecule has 7 heteroatoms. The SMILES string of the molecule is CCc1ccc2nc(N3CCC(=O)CC3)c(-c3nc(C)no3)c(C#N)c2c1. The number of benzene rings is 1. The predicted molar refractivity (Wildman–Crippen MR) is 100 cm³/mol. The molecule has 0 amide bonds. The molecule has 0 atom stereocenters. The fraction of sp³-hybridized carbons (Fsp3) is 0.350. The van der Waals surface area contributed by atoms with Crippen LogP contribution in [0.15, 0.2) is 22.7 Å². The molecule has 1 fully saturated rings. The molecule has 27 heavy (non-hydrogen) atoms. The third kappa shape index (κ3) is 3.04. The van der Waals surface area contributed by atoms with Gasteiger partial charge in [-0.15, -0.1) is 0 Å². The number of hydrogen-bond acceptors (Lipinski definition) is 7. The van der Waals surface area contributed by atoms with Crippen molar-refractivity contribution in [3.63, 3.8) is 0 Å². The number of piperidine rings is 1. The number of carbonyl (C=O) groups excluding carboxylic acids is 1. The van der Waals surface area contributed by atoms with Gasteiger partial charge in [-0.2, -0.15) is 10.2 Å². The van der Waals surface area contributed by atoms with Crippen LogP contribution < -0.4 is 4.90 Å². The van der Waals surface area contributed by atoms with E-state index in [0.717, 1.165) is 22.9 Å². The van der Waals surface area contributed by atoms with Gasteiger partial charge in [0, 0.05) is 31.3 Å². The molecule has 1 aromatic carbocycles. The molecule has 0 aliphatic carbocycles. The van der Waals surface area contributed by atoms with Crippen molar-refractivity contribution in [3.05, 3.63) is 35.2 Å². The van der Waals surface area contributed by atoms with Crippen LogP contribution in [0, 0.1) is 18.3 Å². The third-order valence-corrected chi connectivity index (χ3v) is 4.91. The van der Waals surface area contributed by atoms with Crippen LogP contribution in [0.4, 0.5) is 5.82 Å². The fourth-order valence-electron chi connectivity index (χ4n) is 3.43. The van der Waals surface area contributed by atoms with Crippen molar-refractivity contribution >= 4 is 22.5 Å². The van der Waals surface area contributed by atoms with E-state index in [-0.39, 0.29) is 11.7 Å². The second-order valence-corrected chi connectivity index (χ2v) is 6.67. The van der Waals surface area contributed by atoms with Crippen LogP contribution in [0.2, 0.25) is 0 Å². The third-order valence-electron chi connectivity index (χ3n) is 4.91. The summed E-state index contributed by atoms with van der Waals surface area (Å²) in [6.45, 7) is 4.94. The van der Waals surface area contributed by atoms with E-state index in [1.54, 1.807) is 6.92 Å². The maximum Gasteiger partial charge on any atom is 0.263 e. The van der Waals surface area contributed by atoms with Crippen molar-refractivity contribution in [2.75, 3.05) is 18.0 Å². The molecule has 0 bridgehead atoms. The fourth-order valence-corrected chi connectivity index (χ4v) is 3.43. The molecule has 2 aromatic heterocycles. The lowest BCUT2D eigenvalue weighted by Crippen LogP contribution is -2.34. The Balaban J connectivity index is 2.00. The highest BCUT2D eigenvalue weighted by atomic mass is 16.5. The Hall–Kier alpha value is -3.27. The Kier molecular flexibility index (Phi) is 4.32. The Morgan fingerprint density at radius 3 is 2.67 bits per heavy atom. The highest BCUT2D eigenvalue weighted by Crippen LogP contribution is 2.37.